The predicted octanol–water partition coefficient (Wildman–Crippen LogP) is -1.17. The first-order chi connectivity index (χ1) is 8.72. The van der Waals surface area contributed by atoms with Crippen molar-refractivity contribution < 1.29 is 23.1 Å². The normalized spacial score (nSPS) is 33.5. The van der Waals surface area contributed by atoms with E-state index in [1.807, 2.05) is 0 Å². The van der Waals surface area contributed by atoms with Crippen LogP contribution in [0.15, 0.2) is 0 Å². The number of aliphatic carboxylic acids is 1. The average molecular weight is 290 g/mol. The van der Waals surface area contributed by atoms with Crippen LogP contribution < -0.4 is 5.73 Å². The van der Waals surface area contributed by atoms with Gasteiger partial charge < -0.3 is 15.7 Å². The summed E-state index contributed by atoms with van der Waals surface area (Å²) in [4.78, 5) is 24.4. The maximum Gasteiger partial charge on any atom is 0.325 e. The molecule has 2 aliphatic rings. The van der Waals surface area contributed by atoms with Crippen LogP contribution in [0.25, 0.3) is 0 Å². The number of hydrogen-bond acceptors (Lipinski definition) is 5. The number of carboxylic acids is 1. The molecule has 2 rings (SSSR count). The molecule has 108 valence electrons. The van der Waals surface area contributed by atoms with E-state index < -0.39 is 21.3 Å². The fourth-order valence-electron chi connectivity index (χ4n) is 2.63. The van der Waals surface area contributed by atoms with E-state index >= 15 is 0 Å². The molecule has 0 bridgehead atoms. The highest BCUT2D eigenvalue weighted by molar-refractivity contribution is 7.91. The Kier molecular flexibility index (Phi) is 3.57. The largest absolute Gasteiger partial charge is 0.480 e. The monoisotopic (exact) mass is 290 g/mol. The standard InChI is InChI=1S/C11H18N2O5S/c12-11(10(15)16)2-3-13(7-11)9(14)5-8-1-4-19(17,18)6-8/h8H,1-7,12H2,(H,15,16). The van der Waals surface area contributed by atoms with Crippen molar-refractivity contribution in [1.29, 1.82) is 0 Å². The van der Waals surface area contributed by atoms with Gasteiger partial charge in [0.05, 0.1) is 11.5 Å². The number of nitrogens with zero attached hydrogens (tertiary/aromatic N) is 1. The van der Waals surface area contributed by atoms with E-state index in [-0.39, 0.29) is 42.7 Å². The van der Waals surface area contributed by atoms with Gasteiger partial charge in [-0.1, -0.05) is 0 Å². The molecule has 2 saturated heterocycles. The summed E-state index contributed by atoms with van der Waals surface area (Å²) in [6.07, 6.45) is 0.903. The molecular weight excluding hydrogens is 272 g/mol. The number of carbonyl (C=O) groups is 2. The molecule has 2 unspecified atom stereocenters. The van der Waals surface area contributed by atoms with Crippen LogP contribution >= 0.6 is 0 Å². The van der Waals surface area contributed by atoms with Gasteiger partial charge in [-0.05, 0) is 18.8 Å². The van der Waals surface area contributed by atoms with Gasteiger partial charge in [0.2, 0.25) is 5.91 Å². The molecule has 2 fully saturated rings. The maximum absolute atomic E-state index is 12.0. The molecule has 8 heteroatoms. The Morgan fingerprint density at radius 2 is 2.11 bits per heavy atom. The van der Waals surface area contributed by atoms with E-state index in [1.165, 1.54) is 4.90 Å². The summed E-state index contributed by atoms with van der Waals surface area (Å²) in [5.74, 6) is -1.25. The van der Waals surface area contributed by atoms with Crippen molar-refractivity contribution in [3.05, 3.63) is 0 Å². The van der Waals surface area contributed by atoms with Gasteiger partial charge in [0.1, 0.15) is 5.54 Å². The predicted molar refractivity (Wildman–Crippen MR) is 67.1 cm³/mol. The van der Waals surface area contributed by atoms with Gasteiger partial charge in [-0.15, -0.1) is 0 Å². The second-order valence-corrected chi connectivity index (χ2v) is 7.73. The first kappa shape index (κ1) is 14.3. The highest BCUT2D eigenvalue weighted by atomic mass is 32.2. The number of sulfone groups is 1. The highest BCUT2D eigenvalue weighted by Crippen LogP contribution is 2.25. The lowest BCUT2D eigenvalue weighted by Gasteiger charge is -2.21. The van der Waals surface area contributed by atoms with Gasteiger partial charge in [-0.25, -0.2) is 8.42 Å². The van der Waals surface area contributed by atoms with Crippen molar-refractivity contribution in [2.75, 3.05) is 24.6 Å². The van der Waals surface area contributed by atoms with E-state index in [1.54, 1.807) is 0 Å². The Morgan fingerprint density at radius 1 is 1.42 bits per heavy atom. The van der Waals surface area contributed by atoms with Crippen LogP contribution in [-0.2, 0) is 19.4 Å². The van der Waals surface area contributed by atoms with Crippen LogP contribution in [0.4, 0.5) is 0 Å². The number of likely N-dealkylation sites (tertiary alicyclic amines) is 1. The number of nitrogens with two attached hydrogens (primary N) is 1. The van der Waals surface area contributed by atoms with Crippen molar-refractivity contribution in [2.45, 2.75) is 24.8 Å². The van der Waals surface area contributed by atoms with Gasteiger partial charge >= 0.3 is 5.97 Å². The Labute approximate surface area is 111 Å². The van der Waals surface area contributed by atoms with Crippen LogP contribution in [0.5, 0.6) is 0 Å². The summed E-state index contributed by atoms with van der Waals surface area (Å²) in [5.41, 5.74) is 4.33. The summed E-state index contributed by atoms with van der Waals surface area (Å²) >= 11 is 0. The van der Waals surface area contributed by atoms with Crippen molar-refractivity contribution >= 4 is 21.7 Å². The fourth-order valence-corrected chi connectivity index (χ4v) is 4.49. The van der Waals surface area contributed by atoms with E-state index in [0.29, 0.717) is 13.0 Å². The molecule has 0 aromatic rings. The summed E-state index contributed by atoms with van der Waals surface area (Å²) in [5, 5.41) is 8.98. The Bertz CT molecular complexity index is 503. The minimum absolute atomic E-state index is 0.000632. The van der Waals surface area contributed by atoms with Crippen LogP contribution in [0.1, 0.15) is 19.3 Å². The van der Waals surface area contributed by atoms with E-state index in [4.69, 9.17) is 10.8 Å². The summed E-state index contributed by atoms with van der Waals surface area (Å²) in [6, 6.07) is 0. The fraction of sp³-hybridized carbons (Fsp3) is 0.818. The lowest BCUT2D eigenvalue weighted by molar-refractivity contribution is -0.143. The summed E-state index contributed by atoms with van der Waals surface area (Å²) in [6.45, 7) is 0.321. The van der Waals surface area contributed by atoms with Gasteiger partial charge in [0.15, 0.2) is 9.84 Å². The minimum atomic E-state index is -2.99. The lowest BCUT2D eigenvalue weighted by Crippen LogP contribution is -2.50. The number of carbonyl (C=O) groups excluding carboxylic acids is 1. The molecule has 0 aliphatic carbocycles. The van der Waals surface area contributed by atoms with Crippen molar-refractivity contribution in [3.8, 4) is 0 Å². The average Bonchev–Trinajstić information content (AvgIpc) is 2.83. The van der Waals surface area contributed by atoms with Gasteiger partial charge in [-0.3, -0.25) is 9.59 Å². The van der Waals surface area contributed by atoms with E-state index in [2.05, 4.69) is 0 Å². The molecule has 0 spiro atoms. The Morgan fingerprint density at radius 3 is 2.58 bits per heavy atom. The third-order valence-corrected chi connectivity index (χ3v) is 5.71. The van der Waals surface area contributed by atoms with Gasteiger partial charge in [-0.2, -0.15) is 0 Å². The van der Waals surface area contributed by atoms with Crippen LogP contribution in [0, 0.1) is 5.92 Å². The number of hydrogen-bond donors (Lipinski definition) is 2. The van der Waals surface area contributed by atoms with Crippen LogP contribution in [-0.4, -0.2) is 60.4 Å². The van der Waals surface area contributed by atoms with E-state index in [9.17, 15) is 18.0 Å². The van der Waals surface area contributed by atoms with Gasteiger partial charge in [0.25, 0.3) is 0 Å². The topological polar surface area (TPSA) is 118 Å². The minimum Gasteiger partial charge on any atom is -0.480 e. The SMILES string of the molecule is NC1(C(=O)O)CCN(C(=O)CC2CCS(=O)(=O)C2)C1. The molecule has 3 N–H and O–H groups in total. The quantitative estimate of drug-likeness (QED) is 0.676. The van der Waals surface area contributed by atoms with Crippen molar-refractivity contribution in [2.24, 2.45) is 11.7 Å². The van der Waals surface area contributed by atoms with E-state index in [0.717, 1.165) is 0 Å². The molecule has 2 heterocycles. The van der Waals surface area contributed by atoms with Crippen molar-refractivity contribution in [1.82, 2.24) is 4.90 Å². The molecule has 0 saturated carbocycles. The third kappa shape index (κ3) is 3.06. The molecule has 2 aliphatic heterocycles. The molecular formula is C11H18N2O5S. The first-order valence-electron chi connectivity index (χ1n) is 6.22. The Hall–Kier alpha value is -1.15. The molecule has 0 radical (unpaired) electrons. The van der Waals surface area contributed by atoms with Crippen molar-refractivity contribution in [3.63, 3.8) is 0 Å². The summed E-state index contributed by atoms with van der Waals surface area (Å²) < 4.78 is 22.6. The number of amides is 1. The number of carboxylic acid groups (broad SMARTS) is 1. The lowest BCUT2D eigenvalue weighted by atomic mass is 10.0. The second kappa shape index (κ2) is 4.75. The Balaban J connectivity index is 1.91. The van der Waals surface area contributed by atoms with Crippen LogP contribution in [0.3, 0.4) is 0 Å². The smallest absolute Gasteiger partial charge is 0.325 e. The second-order valence-electron chi connectivity index (χ2n) is 5.50. The highest BCUT2D eigenvalue weighted by Gasteiger charge is 2.43. The third-order valence-electron chi connectivity index (χ3n) is 3.87. The molecule has 1 amide bonds. The summed E-state index contributed by atoms with van der Waals surface area (Å²) in [7, 11) is -2.99. The molecule has 0 aromatic heterocycles. The number of rotatable bonds is 3. The zero-order chi connectivity index (χ0) is 14.3. The molecule has 2 atom stereocenters. The van der Waals surface area contributed by atoms with Gasteiger partial charge in [0, 0.05) is 19.5 Å². The molecule has 7 nitrogen and oxygen atoms in total. The zero-order valence-electron chi connectivity index (χ0n) is 10.5. The van der Waals surface area contributed by atoms with Crippen LogP contribution in [0.2, 0.25) is 0 Å². The first-order valence-corrected chi connectivity index (χ1v) is 8.04. The zero-order valence-corrected chi connectivity index (χ0v) is 11.4. The maximum atomic E-state index is 12.0. The molecule has 19 heavy (non-hydrogen) atoms. The molecule has 0 aromatic carbocycles.